The molecule has 4 aliphatic carbocycles. The maximum atomic E-state index is 13.4. The number of amides is 2. The van der Waals surface area contributed by atoms with Gasteiger partial charge in [0.25, 0.3) is 5.91 Å². The second-order valence-electron chi connectivity index (χ2n) is 13.1. The molecule has 0 spiro atoms. The fourth-order valence-electron chi connectivity index (χ4n) is 8.09. The molecule has 1 aromatic heterocycles. The molecule has 5 fully saturated rings. The van der Waals surface area contributed by atoms with Crippen molar-refractivity contribution in [2.24, 2.45) is 23.2 Å². The fraction of sp³-hybridized carbons (Fsp3) is 0.645. The number of nitrogens with one attached hydrogen (secondary N) is 2. The zero-order valence-corrected chi connectivity index (χ0v) is 24.6. The number of rotatable bonds is 7. The van der Waals surface area contributed by atoms with E-state index in [0.717, 1.165) is 80.4 Å². The molecule has 2 heterocycles. The summed E-state index contributed by atoms with van der Waals surface area (Å²) < 4.78 is 1.92. The number of fused-ring (bicyclic) bond motifs is 1. The van der Waals surface area contributed by atoms with Crippen LogP contribution < -0.4 is 10.6 Å². The highest BCUT2D eigenvalue weighted by Gasteiger charge is 2.54. The Labute approximate surface area is 246 Å². The largest absolute Gasteiger partial charge is 0.473 e. The zero-order valence-electron chi connectivity index (χ0n) is 24.6. The third kappa shape index (κ3) is 6.45. The van der Waals surface area contributed by atoms with E-state index in [4.69, 9.17) is 19.8 Å². The Morgan fingerprint density at radius 3 is 2.07 bits per heavy atom. The highest BCUT2D eigenvalue weighted by molar-refractivity contribution is 6.27. The van der Waals surface area contributed by atoms with Crippen molar-refractivity contribution in [1.29, 1.82) is 0 Å². The van der Waals surface area contributed by atoms with Crippen LogP contribution >= 0.6 is 0 Å². The Morgan fingerprint density at radius 2 is 1.52 bits per heavy atom. The number of nitrogens with zero attached hydrogens (tertiary/aromatic N) is 3. The molecular weight excluding hydrogens is 538 g/mol. The average Bonchev–Trinajstić information content (AvgIpc) is 3.34. The molecule has 42 heavy (non-hydrogen) atoms. The number of aromatic nitrogens is 2. The number of carbonyl (C=O) groups excluding carboxylic acids is 2. The quantitative estimate of drug-likeness (QED) is 0.363. The van der Waals surface area contributed by atoms with Gasteiger partial charge in [-0.25, -0.2) is 9.59 Å². The summed E-state index contributed by atoms with van der Waals surface area (Å²) in [5.74, 6) is -0.989. The molecule has 11 nitrogen and oxygen atoms in total. The van der Waals surface area contributed by atoms with Crippen molar-refractivity contribution in [2.45, 2.75) is 77.3 Å². The topological polar surface area (TPSA) is 154 Å². The van der Waals surface area contributed by atoms with E-state index < -0.39 is 11.9 Å². The van der Waals surface area contributed by atoms with E-state index in [-0.39, 0.29) is 17.4 Å². The predicted molar refractivity (Wildman–Crippen MR) is 156 cm³/mol. The summed E-state index contributed by atoms with van der Waals surface area (Å²) in [5, 5.41) is 26.9. The third-order valence-corrected chi connectivity index (χ3v) is 9.66. The Bertz CT molecular complexity index is 1280. The molecule has 2 amide bonds. The first-order valence-electron chi connectivity index (χ1n) is 15.3. The van der Waals surface area contributed by atoms with E-state index in [1.165, 1.54) is 19.3 Å². The van der Waals surface area contributed by atoms with E-state index in [9.17, 15) is 9.59 Å². The van der Waals surface area contributed by atoms with Crippen LogP contribution in [-0.2, 0) is 14.4 Å². The lowest BCUT2D eigenvalue weighted by Crippen LogP contribution is -2.56. The van der Waals surface area contributed by atoms with Crippen molar-refractivity contribution in [1.82, 2.24) is 25.3 Å². The van der Waals surface area contributed by atoms with E-state index in [2.05, 4.69) is 34.5 Å². The van der Waals surface area contributed by atoms with Gasteiger partial charge in [-0.3, -0.25) is 14.3 Å². The van der Waals surface area contributed by atoms with E-state index in [1.807, 2.05) is 28.9 Å². The zero-order chi connectivity index (χ0) is 30.0. The second-order valence-corrected chi connectivity index (χ2v) is 13.1. The Balaban J connectivity index is 0.000000535. The van der Waals surface area contributed by atoms with Crippen molar-refractivity contribution >= 4 is 34.7 Å². The molecule has 2 aromatic rings. The van der Waals surface area contributed by atoms with Gasteiger partial charge in [-0.1, -0.05) is 18.2 Å². The first-order valence-corrected chi connectivity index (χ1v) is 15.3. The smallest absolute Gasteiger partial charge is 0.414 e. The van der Waals surface area contributed by atoms with Gasteiger partial charge < -0.3 is 25.7 Å². The van der Waals surface area contributed by atoms with Gasteiger partial charge in [0, 0.05) is 49.1 Å². The van der Waals surface area contributed by atoms with Crippen LogP contribution in [0.5, 0.6) is 0 Å². The number of likely N-dealkylation sites (tertiary alicyclic amines) is 1. The summed E-state index contributed by atoms with van der Waals surface area (Å²) in [5.41, 5.74) is 1.45. The van der Waals surface area contributed by atoms with Gasteiger partial charge in [0.2, 0.25) is 5.91 Å². The first-order chi connectivity index (χ1) is 20.0. The van der Waals surface area contributed by atoms with Crippen LogP contribution in [0, 0.1) is 23.2 Å². The van der Waals surface area contributed by atoms with Gasteiger partial charge in [-0.2, -0.15) is 5.10 Å². The lowest BCUT2D eigenvalue weighted by atomic mass is 9.49. The highest BCUT2D eigenvalue weighted by atomic mass is 16.4. The van der Waals surface area contributed by atoms with Crippen LogP contribution in [0.15, 0.2) is 24.3 Å². The van der Waals surface area contributed by atoms with Crippen molar-refractivity contribution < 1.29 is 29.4 Å². The Morgan fingerprint density at radius 1 is 0.952 bits per heavy atom. The standard InChI is InChI=1S/C29H41N5O2.C2H2O4/c1-19(2)34-25-6-4-3-5-24(25)26(32-34)27(35)30-9-12-33-10-7-23(8-11-33)31-28(36)29-16-20-13-21(17-29)15-22(14-20)18-29;3-1(4)2(5)6/h3-6,19-23H,7-18H2,1-2H3,(H,30,35)(H,31,36);(H,3,4)(H,5,6). The third-order valence-electron chi connectivity index (χ3n) is 9.66. The maximum Gasteiger partial charge on any atom is 0.414 e. The molecule has 0 unspecified atom stereocenters. The summed E-state index contributed by atoms with van der Waals surface area (Å²) in [7, 11) is 0. The second kappa shape index (κ2) is 12.4. The molecule has 228 valence electrons. The van der Waals surface area contributed by atoms with Crippen molar-refractivity contribution in [2.75, 3.05) is 26.2 Å². The maximum absolute atomic E-state index is 13.4. The molecule has 1 aliphatic heterocycles. The van der Waals surface area contributed by atoms with Gasteiger partial charge in [0.15, 0.2) is 5.69 Å². The van der Waals surface area contributed by atoms with Gasteiger partial charge in [-0.05, 0) is 89.0 Å². The van der Waals surface area contributed by atoms with Crippen LogP contribution in [0.25, 0.3) is 10.9 Å². The molecule has 5 aliphatic rings. The number of carboxylic acids is 2. The molecule has 7 rings (SSSR count). The van der Waals surface area contributed by atoms with E-state index >= 15 is 0 Å². The van der Waals surface area contributed by atoms with Gasteiger partial charge >= 0.3 is 11.9 Å². The van der Waals surface area contributed by atoms with Crippen LogP contribution in [0.4, 0.5) is 0 Å². The lowest BCUT2D eigenvalue weighted by Gasteiger charge is -2.56. The number of carbonyl (C=O) groups is 4. The number of carboxylic acid groups (broad SMARTS) is 2. The summed E-state index contributed by atoms with van der Waals surface area (Å²) in [6.07, 6.45) is 9.51. The summed E-state index contributed by atoms with van der Waals surface area (Å²) in [4.78, 5) is 46.9. The van der Waals surface area contributed by atoms with Gasteiger partial charge in [0.1, 0.15) is 0 Å². The molecule has 0 radical (unpaired) electrons. The summed E-state index contributed by atoms with van der Waals surface area (Å²) in [6.45, 7) is 7.52. The van der Waals surface area contributed by atoms with Crippen LogP contribution in [-0.4, -0.2) is 80.9 Å². The molecule has 11 heteroatoms. The first kappa shape index (κ1) is 30.0. The number of aliphatic carboxylic acids is 2. The van der Waals surface area contributed by atoms with Crippen molar-refractivity contribution in [3.05, 3.63) is 30.0 Å². The molecule has 4 N–H and O–H groups in total. The fourth-order valence-corrected chi connectivity index (χ4v) is 8.09. The van der Waals surface area contributed by atoms with E-state index in [0.29, 0.717) is 24.2 Å². The number of benzene rings is 1. The Kier molecular flexibility index (Phi) is 8.86. The highest BCUT2D eigenvalue weighted by Crippen LogP contribution is 2.60. The monoisotopic (exact) mass is 581 g/mol. The molecule has 0 atom stereocenters. The minimum absolute atomic E-state index is 0.0527. The summed E-state index contributed by atoms with van der Waals surface area (Å²) >= 11 is 0. The average molecular weight is 582 g/mol. The molecule has 4 bridgehead atoms. The SMILES string of the molecule is CC(C)n1nc(C(=O)NCCN2CCC(NC(=O)C34CC5CC(CC(C5)C3)C4)CC2)c2ccccc21.O=C(O)C(=O)O. The minimum atomic E-state index is -1.82. The summed E-state index contributed by atoms with van der Waals surface area (Å²) in [6, 6.07) is 8.42. The van der Waals surface area contributed by atoms with Gasteiger partial charge in [-0.15, -0.1) is 0 Å². The van der Waals surface area contributed by atoms with E-state index in [1.54, 1.807) is 0 Å². The molecule has 1 saturated heterocycles. The molecule has 4 saturated carbocycles. The minimum Gasteiger partial charge on any atom is -0.473 e. The molecular formula is C31H43N5O6. The van der Waals surface area contributed by atoms with Crippen molar-refractivity contribution in [3.8, 4) is 0 Å². The molecule has 1 aromatic carbocycles. The van der Waals surface area contributed by atoms with Crippen LogP contribution in [0.2, 0.25) is 0 Å². The normalized spacial score (nSPS) is 27.0. The number of hydrogen-bond donors (Lipinski definition) is 4. The number of piperidine rings is 1. The van der Waals surface area contributed by atoms with Gasteiger partial charge in [0.05, 0.1) is 5.52 Å². The Hall–Kier alpha value is -3.47. The van der Waals surface area contributed by atoms with Crippen LogP contribution in [0.3, 0.4) is 0 Å². The van der Waals surface area contributed by atoms with Crippen molar-refractivity contribution in [3.63, 3.8) is 0 Å². The predicted octanol–water partition coefficient (Wildman–Crippen LogP) is 3.30. The number of para-hydroxylation sites is 1. The lowest BCUT2D eigenvalue weighted by molar-refractivity contribution is -0.159. The number of hydrogen-bond acceptors (Lipinski definition) is 6. The van der Waals surface area contributed by atoms with Crippen LogP contribution in [0.1, 0.15) is 81.7 Å².